The monoisotopic (exact) mass is 338 g/mol. The summed E-state index contributed by atoms with van der Waals surface area (Å²) in [5, 5.41) is 3.06. The highest BCUT2D eigenvalue weighted by molar-refractivity contribution is 5.85. The van der Waals surface area contributed by atoms with Gasteiger partial charge in [0.1, 0.15) is 6.54 Å². The Balaban J connectivity index is 0.00000192. The number of rotatable bonds is 5. The van der Waals surface area contributed by atoms with E-state index >= 15 is 0 Å². The number of amides is 1. The molecule has 2 aromatic rings. The zero-order valence-corrected chi connectivity index (χ0v) is 13.3. The number of carbonyl (C=O) groups excluding carboxylic acids is 1. The molecular formula is C15H19ClN4O3. The number of aromatic nitrogens is 2. The van der Waals surface area contributed by atoms with Crippen LogP contribution in [0.4, 0.5) is 0 Å². The number of aromatic amines is 1. The molecule has 1 fully saturated rings. The molecule has 0 aliphatic heterocycles. The fraction of sp³-hybridized carbons (Fsp3) is 0.400. The smallest absolute Gasteiger partial charge is 0.329 e. The molecule has 1 aromatic heterocycles. The van der Waals surface area contributed by atoms with Gasteiger partial charge in [0.2, 0.25) is 5.91 Å². The van der Waals surface area contributed by atoms with Crippen LogP contribution in [0.15, 0.2) is 33.9 Å². The van der Waals surface area contributed by atoms with Crippen LogP contribution >= 0.6 is 12.4 Å². The van der Waals surface area contributed by atoms with Crippen LogP contribution in [0.25, 0.3) is 10.9 Å². The highest BCUT2D eigenvalue weighted by Gasteiger charge is 2.28. The molecule has 1 atom stereocenters. The summed E-state index contributed by atoms with van der Waals surface area (Å²) in [6.45, 7) is 0.0557. The number of benzene rings is 1. The first kappa shape index (κ1) is 17.2. The molecule has 1 saturated carbocycles. The molecule has 3 rings (SSSR count). The molecule has 1 aliphatic carbocycles. The van der Waals surface area contributed by atoms with Crippen molar-refractivity contribution in [1.29, 1.82) is 0 Å². The van der Waals surface area contributed by atoms with Crippen LogP contribution < -0.4 is 22.3 Å². The van der Waals surface area contributed by atoms with Gasteiger partial charge in [0, 0.05) is 12.6 Å². The van der Waals surface area contributed by atoms with Crippen molar-refractivity contribution < 1.29 is 4.79 Å². The molecular weight excluding hydrogens is 320 g/mol. The van der Waals surface area contributed by atoms with Crippen molar-refractivity contribution in [3.05, 3.63) is 45.1 Å². The Bertz CT molecular complexity index is 825. The van der Waals surface area contributed by atoms with Gasteiger partial charge in [-0.2, -0.15) is 0 Å². The van der Waals surface area contributed by atoms with E-state index in [1.165, 1.54) is 0 Å². The van der Waals surface area contributed by atoms with Crippen molar-refractivity contribution in [3.8, 4) is 0 Å². The van der Waals surface area contributed by atoms with E-state index in [0.717, 1.165) is 17.4 Å². The molecule has 0 bridgehead atoms. The zero-order chi connectivity index (χ0) is 15.7. The van der Waals surface area contributed by atoms with Crippen LogP contribution in [0.1, 0.15) is 12.8 Å². The fourth-order valence-corrected chi connectivity index (χ4v) is 2.46. The van der Waals surface area contributed by atoms with E-state index in [-0.39, 0.29) is 30.9 Å². The van der Waals surface area contributed by atoms with Gasteiger partial charge in [0.25, 0.3) is 5.56 Å². The minimum atomic E-state index is -0.592. The summed E-state index contributed by atoms with van der Waals surface area (Å²) in [6, 6.07) is 6.65. The average Bonchev–Trinajstić information content (AvgIpc) is 3.34. The average molecular weight is 339 g/mol. The Morgan fingerprint density at radius 1 is 1.35 bits per heavy atom. The van der Waals surface area contributed by atoms with Gasteiger partial charge in [0.15, 0.2) is 0 Å². The maximum atomic E-state index is 12.3. The molecule has 124 valence electrons. The normalized spacial score (nSPS) is 15.0. The van der Waals surface area contributed by atoms with Crippen molar-refractivity contribution in [2.75, 3.05) is 6.54 Å². The van der Waals surface area contributed by atoms with Crippen LogP contribution in [0.3, 0.4) is 0 Å². The molecule has 7 nitrogen and oxygen atoms in total. The second kappa shape index (κ2) is 6.97. The van der Waals surface area contributed by atoms with E-state index in [1.54, 1.807) is 24.3 Å². The van der Waals surface area contributed by atoms with E-state index in [2.05, 4.69) is 10.3 Å². The van der Waals surface area contributed by atoms with Crippen molar-refractivity contribution in [2.45, 2.75) is 25.4 Å². The lowest BCUT2D eigenvalue weighted by Gasteiger charge is -2.12. The summed E-state index contributed by atoms with van der Waals surface area (Å²) in [5.41, 5.74) is 5.30. The Labute approximate surface area is 138 Å². The Morgan fingerprint density at radius 2 is 2.04 bits per heavy atom. The molecule has 1 heterocycles. The Kier molecular flexibility index (Phi) is 5.23. The second-order valence-electron chi connectivity index (χ2n) is 5.67. The van der Waals surface area contributed by atoms with Crippen molar-refractivity contribution in [3.63, 3.8) is 0 Å². The molecule has 1 aromatic carbocycles. The first-order valence-corrected chi connectivity index (χ1v) is 7.30. The number of fused-ring (bicyclic) bond motifs is 1. The molecule has 4 N–H and O–H groups in total. The number of carbonyl (C=O) groups is 1. The quantitative estimate of drug-likeness (QED) is 0.710. The summed E-state index contributed by atoms with van der Waals surface area (Å²) in [4.78, 5) is 38.7. The van der Waals surface area contributed by atoms with E-state index in [0.29, 0.717) is 23.4 Å². The predicted molar refractivity (Wildman–Crippen MR) is 89.8 cm³/mol. The van der Waals surface area contributed by atoms with Crippen LogP contribution in [0.2, 0.25) is 0 Å². The van der Waals surface area contributed by atoms with E-state index in [4.69, 9.17) is 5.73 Å². The summed E-state index contributed by atoms with van der Waals surface area (Å²) < 4.78 is 0.903. The van der Waals surface area contributed by atoms with Gasteiger partial charge in [-0.15, -0.1) is 12.4 Å². The highest BCUT2D eigenvalue weighted by Crippen LogP contribution is 2.31. The minimum Gasteiger partial charge on any atom is -0.353 e. The van der Waals surface area contributed by atoms with Crippen LogP contribution in [-0.4, -0.2) is 28.0 Å². The predicted octanol–water partition coefficient (Wildman–Crippen LogP) is -0.0349. The van der Waals surface area contributed by atoms with Gasteiger partial charge in [-0.05, 0) is 30.9 Å². The maximum Gasteiger partial charge on any atom is 0.329 e. The SMILES string of the molecule is Cl.NC(CNC(=O)Cn1c(=O)[nH]c2ccccc2c1=O)C1CC1. The number of nitrogens with zero attached hydrogens (tertiary/aromatic N) is 1. The van der Waals surface area contributed by atoms with E-state index in [9.17, 15) is 14.4 Å². The van der Waals surface area contributed by atoms with Crippen molar-refractivity contribution >= 4 is 29.2 Å². The van der Waals surface area contributed by atoms with E-state index < -0.39 is 11.2 Å². The summed E-state index contributed by atoms with van der Waals surface area (Å²) >= 11 is 0. The highest BCUT2D eigenvalue weighted by atomic mass is 35.5. The zero-order valence-electron chi connectivity index (χ0n) is 12.5. The van der Waals surface area contributed by atoms with Gasteiger partial charge < -0.3 is 16.0 Å². The summed E-state index contributed by atoms with van der Waals surface area (Å²) in [6.07, 6.45) is 2.20. The van der Waals surface area contributed by atoms with Crippen molar-refractivity contribution in [1.82, 2.24) is 14.9 Å². The first-order valence-electron chi connectivity index (χ1n) is 7.30. The molecule has 1 aliphatic rings. The minimum absolute atomic E-state index is 0. The van der Waals surface area contributed by atoms with Gasteiger partial charge in [-0.3, -0.25) is 14.2 Å². The number of nitrogens with two attached hydrogens (primary N) is 1. The number of hydrogen-bond acceptors (Lipinski definition) is 4. The molecule has 23 heavy (non-hydrogen) atoms. The Hall–Kier alpha value is -2.12. The third kappa shape index (κ3) is 3.80. The fourth-order valence-electron chi connectivity index (χ4n) is 2.46. The van der Waals surface area contributed by atoms with Gasteiger partial charge in [-0.1, -0.05) is 12.1 Å². The topological polar surface area (TPSA) is 110 Å². The third-order valence-electron chi connectivity index (χ3n) is 3.95. The number of nitrogens with one attached hydrogen (secondary N) is 2. The molecule has 0 radical (unpaired) electrons. The number of H-pyrrole nitrogens is 1. The van der Waals surface area contributed by atoms with Crippen LogP contribution in [0, 0.1) is 5.92 Å². The second-order valence-corrected chi connectivity index (χ2v) is 5.67. The molecule has 0 saturated heterocycles. The largest absolute Gasteiger partial charge is 0.353 e. The molecule has 1 amide bonds. The lowest BCUT2D eigenvalue weighted by Crippen LogP contribution is -2.44. The Morgan fingerprint density at radius 3 is 2.74 bits per heavy atom. The third-order valence-corrected chi connectivity index (χ3v) is 3.95. The lowest BCUT2D eigenvalue weighted by atomic mass is 10.2. The molecule has 8 heteroatoms. The first-order chi connectivity index (χ1) is 10.6. The standard InChI is InChI=1S/C15H18N4O3.ClH/c16-11(9-5-6-9)7-17-13(20)8-19-14(21)10-3-1-2-4-12(10)18-15(19)22;/h1-4,9,11H,5-8,16H2,(H,17,20)(H,18,22);1H. The molecule has 0 spiro atoms. The van der Waals surface area contributed by atoms with Gasteiger partial charge in [0.05, 0.1) is 10.9 Å². The lowest BCUT2D eigenvalue weighted by molar-refractivity contribution is -0.121. The number of para-hydroxylation sites is 1. The number of halogens is 1. The molecule has 1 unspecified atom stereocenters. The number of hydrogen-bond donors (Lipinski definition) is 3. The van der Waals surface area contributed by atoms with Crippen molar-refractivity contribution in [2.24, 2.45) is 11.7 Å². The summed E-state index contributed by atoms with van der Waals surface area (Å²) in [7, 11) is 0. The van der Waals surface area contributed by atoms with Gasteiger partial charge >= 0.3 is 5.69 Å². The summed E-state index contributed by atoms with van der Waals surface area (Å²) in [5.74, 6) is 0.0890. The van der Waals surface area contributed by atoms with Gasteiger partial charge in [-0.25, -0.2) is 4.79 Å². The van der Waals surface area contributed by atoms with E-state index in [1.807, 2.05) is 0 Å². The van der Waals surface area contributed by atoms with Crippen LogP contribution in [-0.2, 0) is 11.3 Å². The maximum absolute atomic E-state index is 12.3. The van der Waals surface area contributed by atoms with Crippen LogP contribution in [0.5, 0.6) is 0 Å².